The first-order chi connectivity index (χ1) is 14.4. The second-order valence-corrected chi connectivity index (χ2v) is 7.99. The Kier molecular flexibility index (Phi) is 7.33. The predicted octanol–water partition coefficient (Wildman–Crippen LogP) is 2.25. The SMILES string of the molecule is CCNC(=NCc1ccc(N2CC(C)OC(C)C2)nc1)NCC(C)(O)c1ccco1. The molecule has 0 spiro atoms. The molecule has 0 aliphatic carbocycles. The number of nitrogens with zero attached hydrogens (tertiary/aromatic N) is 3. The first-order valence-corrected chi connectivity index (χ1v) is 10.5. The van der Waals surface area contributed by atoms with Crippen LogP contribution in [0.2, 0.25) is 0 Å². The standard InChI is InChI=1S/C22H33N5O3/c1-5-23-21(26-15-22(4,28)19-7-6-10-29-19)25-12-18-8-9-20(24-11-18)27-13-16(2)30-17(3)14-27/h6-11,16-17,28H,5,12-15H2,1-4H3,(H2,23,25,26). The zero-order valence-corrected chi connectivity index (χ0v) is 18.3. The number of guanidine groups is 1. The average Bonchev–Trinajstić information content (AvgIpc) is 3.26. The van der Waals surface area contributed by atoms with Gasteiger partial charge in [0.25, 0.3) is 0 Å². The van der Waals surface area contributed by atoms with Crippen molar-refractivity contribution < 1.29 is 14.3 Å². The first-order valence-electron chi connectivity index (χ1n) is 10.5. The number of rotatable bonds is 7. The lowest BCUT2D eigenvalue weighted by Crippen LogP contribution is -2.45. The van der Waals surface area contributed by atoms with Crippen LogP contribution in [-0.2, 0) is 16.9 Å². The molecule has 3 atom stereocenters. The number of anilines is 1. The molecule has 1 aliphatic rings. The third kappa shape index (κ3) is 5.96. The van der Waals surface area contributed by atoms with E-state index in [1.54, 1.807) is 25.3 Å². The molecular weight excluding hydrogens is 382 g/mol. The van der Waals surface area contributed by atoms with Gasteiger partial charge < -0.3 is 29.8 Å². The van der Waals surface area contributed by atoms with E-state index in [9.17, 15) is 5.11 Å². The quantitative estimate of drug-likeness (QED) is 0.472. The molecule has 3 unspecified atom stereocenters. The first kappa shape index (κ1) is 22.1. The number of furan rings is 1. The zero-order chi connectivity index (χ0) is 21.6. The topological polar surface area (TPSA) is 95.2 Å². The van der Waals surface area contributed by atoms with Crippen molar-refractivity contribution in [2.24, 2.45) is 4.99 Å². The molecule has 3 heterocycles. The number of hydrogen-bond acceptors (Lipinski definition) is 6. The van der Waals surface area contributed by atoms with Crippen LogP contribution in [-0.4, -0.2) is 54.4 Å². The van der Waals surface area contributed by atoms with E-state index in [-0.39, 0.29) is 18.8 Å². The van der Waals surface area contributed by atoms with Crippen molar-refractivity contribution in [3.8, 4) is 0 Å². The fourth-order valence-corrected chi connectivity index (χ4v) is 3.50. The number of aliphatic hydroxyl groups is 1. The number of pyridine rings is 1. The average molecular weight is 416 g/mol. The van der Waals surface area contributed by atoms with Gasteiger partial charge >= 0.3 is 0 Å². The van der Waals surface area contributed by atoms with Gasteiger partial charge in [-0.15, -0.1) is 0 Å². The van der Waals surface area contributed by atoms with Crippen LogP contribution in [0.15, 0.2) is 46.1 Å². The van der Waals surface area contributed by atoms with Gasteiger partial charge in [-0.05, 0) is 51.5 Å². The van der Waals surface area contributed by atoms with E-state index in [0.717, 1.165) is 31.0 Å². The van der Waals surface area contributed by atoms with E-state index < -0.39 is 5.60 Å². The van der Waals surface area contributed by atoms with Crippen LogP contribution in [0.4, 0.5) is 5.82 Å². The molecule has 3 N–H and O–H groups in total. The van der Waals surface area contributed by atoms with Crippen LogP contribution in [0.25, 0.3) is 0 Å². The number of aliphatic imine (C=N–C) groups is 1. The van der Waals surface area contributed by atoms with Crippen LogP contribution in [0.1, 0.15) is 39.0 Å². The predicted molar refractivity (Wildman–Crippen MR) is 118 cm³/mol. The molecule has 3 rings (SSSR count). The molecule has 2 aromatic rings. The molecule has 0 aromatic carbocycles. The summed E-state index contributed by atoms with van der Waals surface area (Å²) in [7, 11) is 0. The molecule has 0 radical (unpaired) electrons. The third-order valence-corrected chi connectivity index (χ3v) is 4.97. The minimum Gasteiger partial charge on any atom is -0.466 e. The van der Waals surface area contributed by atoms with Crippen molar-refractivity contribution >= 4 is 11.8 Å². The van der Waals surface area contributed by atoms with E-state index in [2.05, 4.69) is 45.4 Å². The van der Waals surface area contributed by atoms with Gasteiger partial charge in [-0.25, -0.2) is 9.98 Å². The molecule has 0 saturated carbocycles. The van der Waals surface area contributed by atoms with Crippen molar-refractivity contribution in [3.63, 3.8) is 0 Å². The summed E-state index contributed by atoms with van der Waals surface area (Å²) in [6.07, 6.45) is 3.82. The zero-order valence-electron chi connectivity index (χ0n) is 18.3. The van der Waals surface area contributed by atoms with Gasteiger partial charge in [0.05, 0.1) is 31.6 Å². The molecule has 8 heteroatoms. The lowest BCUT2D eigenvalue weighted by atomic mass is 10.0. The molecule has 2 aromatic heterocycles. The summed E-state index contributed by atoms with van der Waals surface area (Å²) in [4.78, 5) is 11.5. The maximum absolute atomic E-state index is 10.6. The van der Waals surface area contributed by atoms with Crippen molar-refractivity contribution in [1.29, 1.82) is 0 Å². The van der Waals surface area contributed by atoms with E-state index in [0.29, 0.717) is 18.3 Å². The van der Waals surface area contributed by atoms with E-state index >= 15 is 0 Å². The minimum atomic E-state index is -1.13. The highest BCUT2D eigenvalue weighted by atomic mass is 16.5. The summed E-state index contributed by atoms with van der Waals surface area (Å²) in [5, 5.41) is 17.0. The maximum atomic E-state index is 10.6. The van der Waals surface area contributed by atoms with Crippen LogP contribution < -0.4 is 15.5 Å². The van der Waals surface area contributed by atoms with Crippen molar-refractivity contribution in [1.82, 2.24) is 15.6 Å². The molecule has 8 nitrogen and oxygen atoms in total. The summed E-state index contributed by atoms with van der Waals surface area (Å²) in [5.41, 5.74) is -0.113. The molecule has 1 saturated heterocycles. The summed E-state index contributed by atoms with van der Waals surface area (Å²) in [6.45, 7) is 11.1. The Bertz CT molecular complexity index is 795. The Labute approximate surface area is 178 Å². The number of ether oxygens (including phenoxy) is 1. The normalized spacial score (nSPS) is 21.9. The lowest BCUT2D eigenvalue weighted by molar-refractivity contribution is -0.00546. The number of nitrogens with one attached hydrogen (secondary N) is 2. The van der Waals surface area contributed by atoms with E-state index in [1.807, 2.05) is 19.2 Å². The highest BCUT2D eigenvalue weighted by Crippen LogP contribution is 2.20. The minimum absolute atomic E-state index is 0.201. The van der Waals surface area contributed by atoms with Crippen molar-refractivity contribution in [2.75, 3.05) is 31.1 Å². The summed E-state index contributed by atoms with van der Waals surface area (Å²) in [5.74, 6) is 2.10. The van der Waals surface area contributed by atoms with Crippen LogP contribution in [0, 0.1) is 0 Å². The lowest BCUT2D eigenvalue weighted by Gasteiger charge is -2.36. The highest BCUT2D eigenvalue weighted by Gasteiger charge is 2.26. The molecule has 1 aliphatic heterocycles. The number of morpholine rings is 1. The Hall–Kier alpha value is -2.58. The molecule has 30 heavy (non-hydrogen) atoms. The van der Waals surface area contributed by atoms with Crippen LogP contribution >= 0.6 is 0 Å². The Morgan fingerprint density at radius 1 is 1.27 bits per heavy atom. The monoisotopic (exact) mass is 415 g/mol. The molecule has 1 fully saturated rings. The van der Waals surface area contributed by atoms with Crippen LogP contribution in [0.5, 0.6) is 0 Å². The Balaban J connectivity index is 1.59. The fourth-order valence-electron chi connectivity index (χ4n) is 3.50. The van der Waals surface area contributed by atoms with Gasteiger partial charge in [-0.1, -0.05) is 6.07 Å². The smallest absolute Gasteiger partial charge is 0.191 e. The van der Waals surface area contributed by atoms with Gasteiger partial charge in [0.1, 0.15) is 17.2 Å². The fraction of sp³-hybridized carbons (Fsp3) is 0.545. The van der Waals surface area contributed by atoms with Crippen molar-refractivity contribution in [2.45, 2.75) is 52.0 Å². The molecular formula is C22H33N5O3. The second-order valence-electron chi connectivity index (χ2n) is 7.99. The Morgan fingerprint density at radius 3 is 2.63 bits per heavy atom. The van der Waals surface area contributed by atoms with E-state index in [4.69, 9.17) is 9.15 Å². The van der Waals surface area contributed by atoms with Gasteiger partial charge in [-0.3, -0.25) is 0 Å². The van der Waals surface area contributed by atoms with Gasteiger partial charge in [0.15, 0.2) is 5.96 Å². The highest BCUT2D eigenvalue weighted by molar-refractivity contribution is 5.79. The van der Waals surface area contributed by atoms with Gasteiger partial charge in [-0.2, -0.15) is 0 Å². The van der Waals surface area contributed by atoms with Gasteiger partial charge in [0.2, 0.25) is 0 Å². The molecule has 0 amide bonds. The molecule has 164 valence electrons. The number of hydrogen-bond donors (Lipinski definition) is 3. The summed E-state index contributed by atoms with van der Waals surface area (Å²) in [6, 6.07) is 7.61. The largest absolute Gasteiger partial charge is 0.466 e. The van der Waals surface area contributed by atoms with Gasteiger partial charge in [0, 0.05) is 25.8 Å². The van der Waals surface area contributed by atoms with E-state index in [1.165, 1.54) is 0 Å². The van der Waals surface area contributed by atoms with Crippen LogP contribution in [0.3, 0.4) is 0 Å². The summed E-state index contributed by atoms with van der Waals surface area (Å²) >= 11 is 0. The maximum Gasteiger partial charge on any atom is 0.191 e. The Morgan fingerprint density at radius 2 is 2.03 bits per heavy atom. The van der Waals surface area contributed by atoms with Crippen molar-refractivity contribution in [3.05, 3.63) is 48.0 Å². The summed E-state index contributed by atoms with van der Waals surface area (Å²) < 4.78 is 11.1. The molecule has 0 bridgehead atoms. The third-order valence-electron chi connectivity index (χ3n) is 4.97. The number of aromatic nitrogens is 1. The second kappa shape index (κ2) is 9.95.